The first-order chi connectivity index (χ1) is 15.3. The van der Waals surface area contributed by atoms with Crippen LogP contribution >= 0.6 is 0 Å². The van der Waals surface area contributed by atoms with Gasteiger partial charge in [0.15, 0.2) is 6.23 Å². The van der Waals surface area contributed by atoms with Crippen LogP contribution in [-0.4, -0.2) is 64.7 Å². The van der Waals surface area contributed by atoms with E-state index in [1.54, 1.807) is 6.20 Å². The molecule has 0 saturated carbocycles. The molecule has 4 rings (SSSR count). The number of nitrogens with one attached hydrogen (secondary N) is 1. The second-order valence-corrected chi connectivity index (χ2v) is 7.39. The van der Waals surface area contributed by atoms with Crippen LogP contribution in [0.25, 0.3) is 22.3 Å². The lowest BCUT2D eigenvalue weighted by molar-refractivity contribution is -0.129. The smallest absolute Gasteiger partial charge is 0.293 e. The maximum absolute atomic E-state index is 10.4. The van der Waals surface area contributed by atoms with E-state index < -0.39 is 0 Å². The van der Waals surface area contributed by atoms with Crippen LogP contribution in [0.15, 0.2) is 24.4 Å². The van der Waals surface area contributed by atoms with Crippen molar-refractivity contribution in [3.63, 3.8) is 0 Å². The van der Waals surface area contributed by atoms with Crippen molar-refractivity contribution < 1.29 is 19.0 Å². The van der Waals surface area contributed by atoms with Crippen LogP contribution in [0, 0.1) is 0 Å². The van der Waals surface area contributed by atoms with Gasteiger partial charge in [-0.1, -0.05) is 0 Å². The highest BCUT2D eigenvalue weighted by atomic mass is 16.5. The highest BCUT2D eigenvalue weighted by Crippen LogP contribution is 2.34. The van der Waals surface area contributed by atoms with Crippen molar-refractivity contribution >= 4 is 17.4 Å². The van der Waals surface area contributed by atoms with Gasteiger partial charge in [0.2, 0.25) is 0 Å². The molecule has 0 bridgehead atoms. The van der Waals surface area contributed by atoms with Gasteiger partial charge in [-0.25, -0.2) is 4.68 Å². The summed E-state index contributed by atoms with van der Waals surface area (Å²) in [6.45, 7) is 3.29. The van der Waals surface area contributed by atoms with Crippen LogP contribution in [0.4, 0.5) is 0 Å². The Morgan fingerprint density at radius 2 is 2.23 bits per heavy atom. The standard InChI is InChI=1S/C21H28N6O4/c1-22-8-4-11-30-16-6-7-19-17(13-16)21(25-27(19)20-5-2-3-10-31-20)18-14-23-26(24-18)9-12-29-15-28/h6-7,13-15,20,22H,2-5,8-12H2,1H3. The average molecular weight is 428 g/mol. The summed E-state index contributed by atoms with van der Waals surface area (Å²) in [4.78, 5) is 11.9. The summed E-state index contributed by atoms with van der Waals surface area (Å²) in [5.74, 6) is 0.792. The molecule has 0 spiro atoms. The number of rotatable bonds is 11. The molecule has 0 amide bonds. The Balaban J connectivity index is 1.65. The zero-order valence-corrected chi connectivity index (χ0v) is 17.7. The van der Waals surface area contributed by atoms with E-state index in [2.05, 4.69) is 15.5 Å². The lowest BCUT2D eigenvalue weighted by Crippen LogP contribution is -2.19. The van der Waals surface area contributed by atoms with Crippen molar-refractivity contribution in [3.05, 3.63) is 24.4 Å². The Bertz CT molecular complexity index is 995. The Morgan fingerprint density at radius 3 is 3.03 bits per heavy atom. The van der Waals surface area contributed by atoms with E-state index in [0.29, 0.717) is 25.3 Å². The number of fused-ring (bicyclic) bond motifs is 1. The van der Waals surface area contributed by atoms with Gasteiger partial charge in [-0.3, -0.25) is 4.79 Å². The van der Waals surface area contributed by atoms with E-state index in [9.17, 15) is 4.79 Å². The monoisotopic (exact) mass is 428 g/mol. The van der Waals surface area contributed by atoms with E-state index in [0.717, 1.165) is 61.2 Å². The largest absolute Gasteiger partial charge is 0.494 e. The van der Waals surface area contributed by atoms with Gasteiger partial charge in [0, 0.05) is 12.0 Å². The second-order valence-electron chi connectivity index (χ2n) is 7.39. The topological polar surface area (TPSA) is 105 Å². The van der Waals surface area contributed by atoms with Crippen LogP contribution < -0.4 is 10.1 Å². The Hall–Kier alpha value is -2.98. The molecule has 10 nitrogen and oxygen atoms in total. The number of ether oxygens (including phenoxy) is 3. The first-order valence-electron chi connectivity index (χ1n) is 10.7. The normalized spacial score (nSPS) is 16.5. The van der Waals surface area contributed by atoms with E-state index in [1.165, 1.54) is 4.80 Å². The zero-order valence-electron chi connectivity index (χ0n) is 17.7. The quantitative estimate of drug-likeness (QED) is 0.366. The molecule has 166 valence electrons. The van der Waals surface area contributed by atoms with Crippen molar-refractivity contribution in [2.45, 2.75) is 38.5 Å². The third-order valence-electron chi connectivity index (χ3n) is 5.20. The summed E-state index contributed by atoms with van der Waals surface area (Å²) < 4.78 is 18.6. The van der Waals surface area contributed by atoms with E-state index in [4.69, 9.17) is 19.3 Å². The summed E-state index contributed by atoms with van der Waals surface area (Å²) in [6.07, 6.45) is 5.62. The van der Waals surface area contributed by atoms with E-state index in [-0.39, 0.29) is 12.8 Å². The maximum Gasteiger partial charge on any atom is 0.293 e. The molecule has 31 heavy (non-hydrogen) atoms. The number of carbonyl (C=O) groups is 1. The van der Waals surface area contributed by atoms with Crippen molar-refractivity contribution in [2.75, 3.05) is 33.4 Å². The van der Waals surface area contributed by atoms with Gasteiger partial charge in [0.05, 0.1) is 24.9 Å². The van der Waals surface area contributed by atoms with Crippen LogP contribution in [-0.2, 0) is 20.8 Å². The van der Waals surface area contributed by atoms with Crippen LogP contribution in [0.5, 0.6) is 5.75 Å². The summed E-state index contributed by atoms with van der Waals surface area (Å²) in [6, 6.07) is 6.00. The van der Waals surface area contributed by atoms with Crippen LogP contribution in [0.3, 0.4) is 0 Å². The maximum atomic E-state index is 10.4. The number of nitrogens with zero attached hydrogens (tertiary/aromatic N) is 5. The fourth-order valence-electron chi connectivity index (χ4n) is 3.67. The SMILES string of the molecule is CNCCCOc1ccc2c(c1)c(-c1cnn(CCOC=O)n1)nn2C1CCCCO1. The van der Waals surface area contributed by atoms with Crippen LogP contribution in [0.2, 0.25) is 0 Å². The van der Waals surface area contributed by atoms with Gasteiger partial charge in [-0.05, 0) is 57.5 Å². The van der Waals surface area contributed by atoms with Gasteiger partial charge in [0.1, 0.15) is 23.7 Å². The summed E-state index contributed by atoms with van der Waals surface area (Å²) in [5.41, 5.74) is 2.36. The van der Waals surface area contributed by atoms with Crippen LogP contribution in [0.1, 0.15) is 31.9 Å². The van der Waals surface area contributed by atoms with Gasteiger partial charge in [-0.2, -0.15) is 20.1 Å². The van der Waals surface area contributed by atoms with E-state index in [1.807, 2.05) is 29.9 Å². The zero-order chi connectivity index (χ0) is 21.5. The van der Waals surface area contributed by atoms with Gasteiger partial charge in [0.25, 0.3) is 6.47 Å². The first kappa shape index (κ1) is 21.3. The lowest BCUT2D eigenvalue weighted by Gasteiger charge is -2.23. The third-order valence-corrected chi connectivity index (χ3v) is 5.20. The molecule has 3 heterocycles. The summed E-state index contributed by atoms with van der Waals surface area (Å²) in [7, 11) is 1.93. The second kappa shape index (κ2) is 10.4. The predicted octanol–water partition coefficient (Wildman–Crippen LogP) is 2.16. The summed E-state index contributed by atoms with van der Waals surface area (Å²) in [5, 5.41) is 17.7. The Kier molecular flexibility index (Phi) is 7.11. The first-order valence-corrected chi connectivity index (χ1v) is 10.7. The molecule has 1 N–H and O–H groups in total. The average Bonchev–Trinajstić information content (AvgIpc) is 3.42. The molecular weight excluding hydrogens is 400 g/mol. The molecule has 1 fully saturated rings. The molecule has 1 aromatic carbocycles. The summed E-state index contributed by atoms with van der Waals surface area (Å²) >= 11 is 0. The number of aromatic nitrogens is 5. The van der Waals surface area contributed by atoms with Crippen molar-refractivity contribution in [2.24, 2.45) is 0 Å². The Labute approximate surface area is 180 Å². The number of hydrogen-bond acceptors (Lipinski definition) is 8. The lowest BCUT2D eigenvalue weighted by atomic mass is 10.1. The number of hydrogen-bond donors (Lipinski definition) is 1. The fraction of sp³-hybridized carbons (Fsp3) is 0.524. The van der Waals surface area contributed by atoms with Crippen molar-refractivity contribution in [1.29, 1.82) is 0 Å². The van der Waals surface area contributed by atoms with Gasteiger partial charge in [-0.15, -0.1) is 0 Å². The van der Waals surface area contributed by atoms with Crippen molar-refractivity contribution in [3.8, 4) is 17.1 Å². The molecule has 10 heteroatoms. The molecule has 3 aromatic rings. The molecule has 2 aromatic heterocycles. The number of benzene rings is 1. The molecule has 1 unspecified atom stereocenters. The third kappa shape index (κ3) is 5.02. The van der Waals surface area contributed by atoms with E-state index >= 15 is 0 Å². The minimum Gasteiger partial charge on any atom is -0.494 e. The molecule has 0 radical (unpaired) electrons. The van der Waals surface area contributed by atoms with Crippen molar-refractivity contribution in [1.82, 2.24) is 30.1 Å². The fourth-order valence-corrected chi connectivity index (χ4v) is 3.67. The van der Waals surface area contributed by atoms with Gasteiger partial charge < -0.3 is 19.5 Å². The molecule has 1 aliphatic heterocycles. The predicted molar refractivity (Wildman–Crippen MR) is 114 cm³/mol. The molecule has 1 atom stereocenters. The molecule has 1 saturated heterocycles. The molecule has 1 aliphatic rings. The highest BCUT2D eigenvalue weighted by Gasteiger charge is 2.23. The Morgan fingerprint density at radius 1 is 1.29 bits per heavy atom. The van der Waals surface area contributed by atoms with Gasteiger partial charge >= 0.3 is 0 Å². The number of carbonyl (C=O) groups excluding carboxylic acids is 1. The molecule has 0 aliphatic carbocycles. The minimum absolute atomic E-state index is 0.0940. The molecular formula is C21H28N6O4. The minimum atomic E-state index is -0.0940. The highest BCUT2D eigenvalue weighted by molar-refractivity contribution is 5.93.